The average Bonchev–Trinajstić information content (AvgIpc) is 2.82. The maximum Gasteiger partial charge on any atom is 0.105 e. The Morgan fingerprint density at radius 1 is 1.17 bits per heavy atom. The fourth-order valence-corrected chi connectivity index (χ4v) is 2.76. The van der Waals surface area contributed by atoms with Gasteiger partial charge in [0.05, 0.1) is 6.26 Å². The molecule has 0 spiro atoms. The molecule has 3 heteroatoms. The van der Waals surface area contributed by atoms with Gasteiger partial charge in [-0.25, -0.2) is 0 Å². The van der Waals surface area contributed by atoms with Gasteiger partial charge < -0.3 is 9.73 Å². The first-order chi connectivity index (χ1) is 8.66. The minimum absolute atomic E-state index is 0.311. The second kappa shape index (κ2) is 6.21. The molecule has 2 unspecified atom stereocenters. The van der Waals surface area contributed by atoms with Crippen LogP contribution in [0.4, 0.5) is 0 Å². The molecule has 2 rings (SSSR count). The first-order valence-corrected chi connectivity index (χ1v) is 6.99. The van der Waals surface area contributed by atoms with Crippen LogP contribution in [0.3, 0.4) is 0 Å². The van der Waals surface area contributed by atoms with Crippen molar-refractivity contribution in [1.29, 1.82) is 0 Å². The fourth-order valence-electron chi connectivity index (χ4n) is 2.13. The van der Waals surface area contributed by atoms with Crippen LogP contribution in [0.15, 0.2) is 51.6 Å². The van der Waals surface area contributed by atoms with Crippen LogP contribution >= 0.6 is 15.9 Å². The Bertz CT molecular complexity index is 481. The van der Waals surface area contributed by atoms with E-state index in [0.29, 0.717) is 12.1 Å². The van der Waals surface area contributed by atoms with Gasteiger partial charge in [-0.2, -0.15) is 0 Å². The fraction of sp³-hybridized carbons (Fsp3) is 0.333. The van der Waals surface area contributed by atoms with Gasteiger partial charge >= 0.3 is 0 Å². The van der Waals surface area contributed by atoms with Crippen LogP contribution in [-0.4, -0.2) is 6.04 Å². The highest BCUT2D eigenvalue weighted by Gasteiger charge is 2.12. The Morgan fingerprint density at radius 2 is 1.94 bits per heavy atom. The molecule has 1 N–H and O–H groups in total. The van der Waals surface area contributed by atoms with Gasteiger partial charge in [-0.3, -0.25) is 0 Å². The molecule has 0 aliphatic rings. The van der Waals surface area contributed by atoms with E-state index in [9.17, 15) is 0 Å². The Morgan fingerprint density at radius 3 is 2.61 bits per heavy atom. The number of rotatable bonds is 5. The van der Waals surface area contributed by atoms with Crippen LogP contribution in [0.2, 0.25) is 0 Å². The van der Waals surface area contributed by atoms with Crippen molar-refractivity contribution in [2.45, 2.75) is 32.4 Å². The zero-order valence-corrected chi connectivity index (χ0v) is 12.3. The SMILES string of the molecule is CC(Cc1ccco1)NC(C)c1ccccc1Br. The number of hydrogen-bond donors (Lipinski definition) is 1. The van der Waals surface area contributed by atoms with Crippen molar-refractivity contribution in [3.8, 4) is 0 Å². The predicted octanol–water partition coefficient (Wildman–Crippen LogP) is 4.32. The van der Waals surface area contributed by atoms with Crippen molar-refractivity contribution in [1.82, 2.24) is 5.32 Å². The summed E-state index contributed by atoms with van der Waals surface area (Å²) in [4.78, 5) is 0. The van der Waals surface area contributed by atoms with E-state index in [1.165, 1.54) is 5.56 Å². The number of nitrogens with one attached hydrogen (secondary N) is 1. The summed E-state index contributed by atoms with van der Waals surface area (Å²) in [6.07, 6.45) is 2.63. The Labute approximate surface area is 117 Å². The zero-order chi connectivity index (χ0) is 13.0. The summed E-state index contributed by atoms with van der Waals surface area (Å²) in [5.41, 5.74) is 1.28. The van der Waals surface area contributed by atoms with E-state index in [1.54, 1.807) is 6.26 Å². The second-order valence-corrected chi connectivity index (χ2v) is 5.45. The van der Waals surface area contributed by atoms with Crippen molar-refractivity contribution in [3.63, 3.8) is 0 Å². The highest BCUT2D eigenvalue weighted by Crippen LogP contribution is 2.23. The molecule has 2 atom stereocenters. The lowest BCUT2D eigenvalue weighted by molar-refractivity contribution is 0.428. The molecule has 0 fully saturated rings. The molecule has 1 heterocycles. The molecular weight excluding hydrogens is 290 g/mol. The zero-order valence-electron chi connectivity index (χ0n) is 10.7. The molecule has 0 saturated carbocycles. The summed E-state index contributed by atoms with van der Waals surface area (Å²) in [6.45, 7) is 4.36. The van der Waals surface area contributed by atoms with Gasteiger partial charge in [0, 0.05) is 23.0 Å². The van der Waals surface area contributed by atoms with Gasteiger partial charge in [0.25, 0.3) is 0 Å². The number of hydrogen-bond acceptors (Lipinski definition) is 2. The molecule has 0 aliphatic heterocycles. The Kier molecular flexibility index (Phi) is 4.61. The number of benzene rings is 1. The normalized spacial score (nSPS) is 14.4. The molecular formula is C15H18BrNO. The van der Waals surface area contributed by atoms with Gasteiger partial charge in [0.15, 0.2) is 0 Å². The largest absolute Gasteiger partial charge is 0.469 e. The van der Waals surface area contributed by atoms with Crippen molar-refractivity contribution in [2.75, 3.05) is 0 Å². The van der Waals surface area contributed by atoms with Gasteiger partial charge in [0.2, 0.25) is 0 Å². The lowest BCUT2D eigenvalue weighted by atomic mass is 10.1. The van der Waals surface area contributed by atoms with Crippen LogP contribution in [0.5, 0.6) is 0 Å². The summed E-state index contributed by atoms with van der Waals surface area (Å²) in [5.74, 6) is 1.02. The van der Waals surface area contributed by atoms with Gasteiger partial charge in [-0.1, -0.05) is 34.1 Å². The molecule has 1 aromatic carbocycles. The van der Waals surface area contributed by atoms with E-state index in [4.69, 9.17) is 4.42 Å². The third kappa shape index (κ3) is 3.47. The van der Waals surface area contributed by atoms with Crippen LogP contribution in [0.25, 0.3) is 0 Å². The van der Waals surface area contributed by atoms with Crippen molar-refractivity contribution < 1.29 is 4.42 Å². The molecule has 96 valence electrons. The summed E-state index contributed by atoms with van der Waals surface area (Å²) < 4.78 is 6.51. The molecule has 2 nitrogen and oxygen atoms in total. The molecule has 18 heavy (non-hydrogen) atoms. The van der Waals surface area contributed by atoms with E-state index in [2.05, 4.69) is 53.3 Å². The van der Waals surface area contributed by atoms with Crippen molar-refractivity contribution in [2.24, 2.45) is 0 Å². The smallest absolute Gasteiger partial charge is 0.105 e. The average molecular weight is 308 g/mol. The Hall–Kier alpha value is -1.06. The van der Waals surface area contributed by atoms with Crippen LogP contribution in [0.1, 0.15) is 31.2 Å². The van der Waals surface area contributed by atoms with E-state index >= 15 is 0 Å². The quantitative estimate of drug-likeness (QED) is 0.889. The second-order valence-electron chi connectivity index (χ2n) is 4.59. The maximum absolute atomic E-state index is 5.37. The third-order valence-corrected chi connectivity index (χ3v) is 3.72. The summed E-state index contributed by atoms with van der Waals surface area (Å²) in [5, 5.41) is 3.59. The molecule has 1 aromatic heterocycles. The minimum Gasteiger partial charge on any atom is -0.469 e. The van der Waals surface area contributed by atoms with Crippen LogP contribution < -0.4 is 5.32 Å². The van der Waals surface area contributed by atoms with Gasteiger partial charge in [-0.05, 0) is 37.6 Å². The van der Waals surface area contributed by atoms with E-state index < -0.39 is 0 Å². The highest BCUT2D eigenvalue weighted by molar-refractivity contribution is 9.10. The standard InChI is InChI=1S/C15H18BrNO/c1-11(10-13-6-5-9-18-13)17-12(2)14-7-3-4-8-15(14)16/h3-9,11-12,17H,10H2,1-2H3. The summed E-state index contributed by atoms with van der Waals surface area (Å²) in [6, 6.07) is 12.9. The maximum atomic E-state index is 5.37. The lowest BCUT2D eigenvalue weighted by Gasteiger charge is -2.20. The van der Waals surface area contributed by atoms with Crippen molar-refractivity contribution in [3.05, 3.63) is 58.5 Å². The molecule has 0 aliphatic carbocycles. The lowest BCUT2D eigenvalue weighted by Crippen LogP contribution is -2.30. The molecule has 2 aromatic rings. The van der Waals surface area contributed by atoms with Crippen LogP contribution in [-0.2, 0) is 6.42 Å². The van der Waals surface area contributed by atoms with E-state index in [-0.39, 0.29) is 0 Å². The first kappa shape index (κ1) is 13.4. The minimum atomic E-state index is 0.311. The number of furan rings is 1. The summed E-state index contributed by atoms with van der Waals surface area (Å²) >= 11 is 3.59. The van der Waals surface area contributed by atoms with Gasteiger partial charge in [-0.15, -0.1) is 0 Å². The molecule has 0 radical (unpaired) electrons. The van der Waals surface area contributed by atoms with E-state index in [0.717, 1.165) is 16.7 Å². The monoisotopic (exact) mass is 307 g/mol. The summed E-state index contributed by atoms with van der Waals surface area (Å²) in [7, 11) is 0. The number of halogens is 1. The van der Waals surface area contributed by atoms with Crippen LogP contribution in [0, 0.1) is 0 Å². The topological polar surface area (TPSA) is 25.2 Å². The Balaban J connectivity index is 1.95. The van der Waals surface area contributed by atoms with Gasteiger partial charge in [0.1, 0.15) is 5.76 Å². The van der Waals surface area contributed by atoms with E-state index in [1.807, 2.05) is 18.2 Å². The third-order valence-electron chi connectivity index (χ3n) is 2.99. The van der Waals surface area contributed by atoms with Crippen molar-refractivity contribution >= 4 is 15.9 Å². The predicted molar refractivity (Wildman–Crippen MR) is 77.6 cm³/mol. The molecule has 0 saturated heterocycles. The first-order valence-electron chi connectivity index (χ1n) is 6.19. The molecule has 0 amide bonds. The molecule has 0 bridgehead atoms. The highest BCUT2D eigenvalue weighted by atomic mass is 79.9.